The van der Waals surface area contributed by atoms with Gasteiger partial charge in [-0.2, -0.15) is 10.5 Å². The molecule has 2 aromatic rings. The number of aromatic amines is 1. The summed E-state index contributed by atoms with van der Waals surface area (Å²) in [6.07, 6.45) is 5.15. The molecule has 0 radical (unpaired) electrons. The van der Waals surface area contributed by atoms with Crippen molar-refractivity contribution in [3.63, 3.8) is 0 Å². The van der Waals surface area contributed by atoms with Gasteiger partial charge in [-0.25, -0.2) is 0 Å². The Kier molecular flexibility index (Phi) is 4.90. The summed E-state index contributed by atoms with van der Waals surface area (Å²) in [5, 5.41) is 18.5. The topological polar surface area (TPSA) is 116 Å². The number of nitriles is 2. The number of ether oxygens (including phenoxy) is 1. The first kappa shape index (κ1) is 16.4. The largest absolute Gasteiger partial charge is 0.480 e. The van der Waals surface area contributed by atoms with E-state index >= 15 is 0 Å². The number of H-pyrrole nitrogens is 1. The van der Waals surface area contributed by atoms with Crippen LogP contribution in [-0.2, 0) is 0 Å². The number of pyridine rings is 1. The van der Waals surface area contributed by atoms with Gasteiger partial charge < -0.3 is 15.5 Å². The maximum absolute atomic E-state index is 11.9. The molecule has 0 fully saturated rings. The molecule has 1 heterocycles. The fraction of sp³-hybridized carbons (Fsp3) is 0.0625. The molecule has 0 bridgehead atoms. The second-order valence-corrected chi connectivity index (χ2v) is 5.52. The fourth-order valence-corrected chi connectivity index (χ4v) is 2.70. The van der Waals surface area contributed by atoms with Crippen molar-refractivity contribution in [2.24, 2.45) is 0 Å². The Morgan fingerprint density at radius 2 is 2.00 bits per heavy atom. The van der Waals surface area contributed by atoms with E-state index in [9.17, 15) is 15.3 Å². The molecular formula is C16H9IN4O2. The number of terminal acetylenes is 1. The summed E-state index contributed by atoms with van der Waals surface area (Å²) in [7, 11) is 0. The van der Waals surface area contributed by atoms with Gasteiger partial charge in [0.25, 0.3) is 5.56 Å². The van der Waals surface area contributed by atoms with Crippen molar-refractivity contribution < 1.29 is 4.74 Å². The van der Waals surface area contributed by atoms with E-state index in [1.54, 1.807) is 18.2 Å². The summed E-state index contributed by atoms with van der Waals surface area (Å²) >= 11 is 2.04. The van der Waals surface area contributed by atoms with Crippen LogP contribution in [0.25, 0.3) is 11.1 Å². The molecule has 1 aromatic carbocycles. The number of halogens is 1. The van der Waals surface area contributed by atoms with Gasteiger partial charge >= 0.3 is 0 Å². The SMILES string of the molecule is C#CCOc1ccc(-c2c(C#N)c(N)[nH]c(=O)c2C#N)cc1I. The smallest absolute Gasteiger partial charge is 0.268 e. The minimum absolute atomic E-state index is 0.0502. The Morgan fingerprint density at radius 1 is 1.30 bits per heavy atom. The first-order chi connectivity index (χ1) is 11.0. The number of hydrogen-bond acceptors (Lipinski definition) is 5. The predicted octanol–water partition coefficient (Wildman–Crippen LogP) is 1.98. The highest BCUT2D eigenvalue weighted by atomic mass is 127. The van der Waals surface area contributed by atoms with Crippen molar-refractivity contribution in [3.05, 3.63) is 43.2 Å². The number of nitrogens with one attached hydrogen (secondary N) is 1. The molecule has 7 heteroatoms. The van der Waals surface area contributed by atoms with Gasteiger partial charge in [-0.3, -0.25) is 4.79 Å². The zero-order valence-corrected chi connectivity index (χ0v) is 13.8. The van der Waals surface area contributed by atoms with E-state index in [0.29, 0.717) is 11.3 Å². The van der Waals surface area contributed by atoms with Gasteiger partial charge in [0.2, 0.25) is 0 Å². The maximum Gasteiger partial charge on any atom is 0.268 e. The summed E-state index contributed by atoms with van der Waals surface area (Å²) in [5.41, 5.74) is 5.67. The van der Waals surface area contributed by atoms with Crippen LogP contribution in [0.3, 0.4) is 0 Å². The molecule has 0 saturated heterocycles. The van der Waals surface area contributed by atoms with Gasteiger partial charge in [-0.1, -0.05) is 12.0 Å². The quantitative estimate of drug-likeness (QED) is 0.587. The van der Waals surface area contributed by atoms with Crippen LogP contribution in [0, 0.1) is 38.6 Å². The molecular weight excluding hydrogens is 407 g/mol. The molecule has 3 N–H and O–H groups in total. The van der Waals surface area contributed by atoms with Crippen molar-refractivity contribution in [1.29, 1.82) is 10.5 Å². The molecule has 2 rings (SSSR count). The lowest BCUT2D eigenvalue weighted by atomic mass is 9.96. The number of aromatic nitrogens is 1. The molecule has 0 atom stereocenters. The molecule has 1 aromatic heterocycles. The number of nitrogens with zero attached hydrogens (tertiary/aromatic N) is 2. The highest BCUT2D eigenvalue weighted by Gasteiger charge is 2.18. The molecule has 23 heavy (non-hydrogen) atoms. The molecule has 0 aliphatic rings. The van der Waals surface area contributed by atoms with Crippen molar-refractivity contribution in [3.8, 4) is 41.4 Å². The first-order valence-electron chi connectivity index (χ1n) is 6.25. The van der Waals surface area contributed by atoms with Crippen molar-refractivity contribution in [1.82, 2.24) is 4.98 Å². The number of nitrogen functional groups attached to an aromatic ring is 1. The zero-order chi connectivity index (χ0) is 17.0. The Labute approximate surface area is 145 Å². The van der Waals surface area contributed by atoms with Crippen LogP contribution in [0.4, 0.5) is 5.82 Å². The van der Waals surface area contributed by atoms with E-state index in [2.05, 4.69) is 10.9 Å². The Hall–Kier alpha value is -2.96. The van der Waals surface area contributed by atoms with Gasteiger partial charge in [-0.05, 0) is 40.3 Å². The summed E-state index contributed by atoms with van der Waals surface area (Å²) < 4.78 is 6.10. The fourth-order valence-electron chi connectivity index (χ4n) is 2.02. The molecule has 0 unspecified atom stereocenters. The monoisotopic (exact) mass is 416 g/mol. The second kappa shape index (κ2) is 6.87. The normalized spacial score (nSPS) is 9.48. The van der Waals surface area contributed by atoms with Gasteiger partial charge in [0, 0.05) is 5.56 Å². The van der Waals surface area contributed by atoms with Crippen LogP contribution in [0.1, 0.15) is 11.1 Å². The molecule has 6 nitrogen and oxygen atoms in total. The number of nitrogens with two attached hydrogens (primary N) is 1. The number of hydrogen-bond donors (Lipinski definition) is 2. The van der Waals surface area contributed by atoms with E-state index in [1.165, 1.54) is 0 Å². The standard InChI is InChI=1S/C16H9IN4O2/c1-2-5-23-13-4-3-9(6-12(13)17)14-10(7-18)15(20)21-16(22)11(14)8-19/h1,3-4,6H,5H2,(H3,20,21,22). The lowest BCUT2D eigenvalue weighted by Crippen LogP contribution is -2.16. The minimum atomic E-state index is -0.637. The lowest BCUT2D eigenvalue weighted by Gasteiger charge is -2.11. The zero-order valence-electron chi connectivity index (χ0n) is 11.7. The third-order valence-electron chi connectivity index (χ3n) is 3.00. The molecule has 0 aliphatic heterocycles. The number of benzene rings is 1. The van der Waals surface area contributed by atoms with E-state index in [-0.39, 0.29) is 29.1 Å². The van der Waals surface area contributed by atoms with E-state index in [1.807, 2.05) is 34.7 Å². The molecule has 112 valence electrons. The molecule has 0 amide bonds. The average Bonchev–Trinajstić information content (AvgIpc) is 2.53. The number of anilines is 1. The molecule has 0 aliphatic carbocycles. The summed E-state index contributed by atoms with van der Waals surface area (Å²) in [6, 6.07) is 8.75. The van der Waals surface area contributed by atoms with E-state index in [4.69, 9.17) is 16.9 Å². The van der Waals surface area contributed by atoms with Gasteiger partial charge in [0.15, 0.2) is 0 Å². The molecule has 0 spiro atoms. The van der Waals surface area contributed by atoms with Crippen LogP contribution < -0.4 is 16.0 Å². The lowest BCUT2D eigenvalue weighted by molar-refractivity contribution is 0.368. The van der Waals surface area contributed by atoms with Crippen molar-refractivity contribution in [2.75, 3.05) is 12.3 Å². The van der Waals surface area contributed by atoms with Gasteiger partial charge in [0.05, 0.1) is 3.57 Å². The highest BCUT2D eigenvalue weighted by molar-refractivity contribution is 14.1. The Bertz CT molecular complexity index is 958. The summed E-state index contributed by atoms with van der Waals surface area (Å²) in [5.74, 6) is 2.86. The average molecular weight is 416 g/mol. The summed E-state index contributed by atoms with van der Waals surface area (Å²) in [4.78, 5) is 14.2. The second-order valence-electron chi connectivity index (χ2n) is 4.35. The van der Waals surface area contributed by atoms with Crippen LogP contribution >= 0.6 is 22.6 Å². The Balaban J connectivity index is 2.71. The third-order valence-corrected chi connectivity index (χ3v) is 3.84. The van der Waals surface area contributed by atoms with Gasteiger partial charge in [0.1, 0.15) is 41.4 Å². The van der Waals surface area contributed by atoms with Crippen LogP contribution in [0.15, 0.2) is 23.0 Å². The van der Waals surface area contributed by atoms with Crippen molar-refractivity contribution in [2.45, 2.75) is 0 Å². The van der Waals surface area contributed by atoms with Crippen LogP contribution in [0.2, 0.25) is 0 Å². The van der Waals surface area contributed by atoms with Crippen LogP contribution in [0.5, 0.6) is 5.75 Å². The first-order valence-corrected chi connectivity index (χ1v) is 7.33. The van der Waals surface area contributed by atoms with E-state index in [0.717, 1.165) is 3.57 Å². The van der Waals surface area contributed by atoms with Crippen molar-refractivity contribution >= 4 is 28.4 Å². The van der Waals surface area contributed by atoms with E-state index < -0.39 is 5.56 Å². The summed E-state index contributed by atoms with van der Waals surface area (Å²) in [6.45, 7) is 0.125. The third kappa shape index (κ3) is 3.13. The predicted molar refractivity (Wildman–Crippen MR) is 93.4 cm³/mol. The van der Waals surface area contributed by atoms with Gasteiger partial charge in [-0.15, -0.1) is 6.42 Å². The maximum atomic E-state index is 11.9. The Morgan fingerprint density at radius 3 is 2.57 bits per heavy atom. The molecule has 0 saturated carbocycles. The minimum Gasteiger partial charge on any atom is -0.480 e. The van der Waals surface area contributed by atoms with Crippen LogP contribution in [-0.4, -0.2) is 11.6 Å². The highest BCUT2D eigenvalue weighted by Crippen LogP contribution is 2.32. The number of rotatable bonds is 3.